The average molecular weight is 439 g/mol. The van der Waals surface area contributed by atoms with E-state index in [9.17, 15) is 4.79 Å². The van der Waals surface area contributed by atoms with E-state index in [-0.39, 0.29) is 22.4 Å². The van der Waals surface area contributed by atoms with Crippen LogP contribution in [-0.4, -0.2) is 32.7 Å². The Morgan fingerprint density at radius 3 is 2.42 bits per heavy atom. The molecule has 4 N–H and O–H groups in total. The van der Waals surface area contributed by atoms with Gasteiger partial charge in [-0.1, -0.05) is 18.2 Å². The van der Waals surface area contributed by atoms with Crippen LogP contribution in [0, 0.1) is 0 Å². The lowest BCUT2D eigenvalue weighted by Gasteiger charge is -2.17. The molecule has 0 aliphatic heterocycles. The molecule has 2 aromatic carbocycles. The topological polar surface area (TPSA) is 115 Å². The van der Waals surface area contributed by atoms with Crippen molar-refractivity contribution in [3.63, 3.8) is 0 Å². The highest BCUT2D eigenvalue weighted by Gasteiger charge is 2.21. The summed E-state index contributed by atoms with van der Waals surface area (Å²) >= 11 is 1.44. The number of nitrogens with one attached hydrogen (secondary N) is 2. The highest BCUT2D eigenvalue weighted by Crippen LogP contribution is 2.31. The molecule has 1 heterocycles. The lowest BCUT2D eigenvalue weighted by atomic mass is 10.3. The van der Waals surface area contributed by atoms with Gasteiger partial charge in [0, 0.05) is 11.4 Å². The predicted molar refractivity (Wildman–Crippen MR) is 126 cm³/mol. The first-order valence-corrected chi connectivity index (χ1v) is 10.9. The Balaban J connectivity index is 1.61. The van der Waals surface area contributed by atoms with E-state index in [1.807, 2.05) is 75.4 Å². The van der Waals surface area contributed by atoms with Crippen molar-refractivity contribution in [1.29, 1.82) is 0 Å². The van der Waals surface area contributed by atoms with Gasteiger partial charge in [0.2, 0.25) is 17.8 Å². The summed E-state index contributed by atoms with van der Waals surface area (Å²) in [6, 6.07) is 16.9. The summed E-state index contributed by atoms with van der Waals surface area (Å²) < 4.78 is 5.42. The summed E-state index contributed by atoms with van der Waals surface area (Å²) in [5.41, 5.74) is 7.44. The van der Waals surface area contributed by atoms with Gasteiger partial charge >= 0.3 is 0 Å². The van der Waals surface area contributed by atoms with Gasteiger partial charge in [-0.05, 0) is 57.2 Å². The second kappa shape index (κ2) is 10.6. The van der Waals surface area contributed by atoms with Crippen LogP contribution in [0.5, 0.6) is 5.75 Å². The number of anilines is 4. The number of thioether (sulfide) groups is 1. The van der Waals surface area contributed by atoms with Gasteiger partial charge in [0.1, 0.15) is 11.6 Å². The molecule has 9 heteroatoms. The smallest absolute Gasteiger partial charge is 0.237 e. The molecule has 0 radical (unpaired) electrons. The Labute approximate surface area is 186 Å². The van der Waals surface area contributed by atoms with Crippen LogP contribution in [0.3, 0.4) is 0 Å². The summed E-state index contributed by atoms with van der Waals surface area (Å²) in [5.74, 6) is 1.67. The third-order valence-electron chi connectivity index (χ3n) is 4.27. The molecule has 1 amide bonds. The lowest BCUT2D eigenvalue weighted by Crippen LogP contribution is -2.23. The largest absolute Gasteiger partial charge is 0.494 e. The Hall–Kier alpha value is -3.33. The fourth-order valence-electron chi connectivity index (χ4n) is 2.77. The van der Waals surface area contributed by atoms with E-state index < -0.39 is 0 Å². The Kier molecular flexibility index (Phi) is 7.66. The van der Waals surface area contributed by atoms with E-state index in [1.54, 1.807) is 0 Å². The third kappa shape index (κ3) is 6.58. The number of nitrogens with zero attached hydrogens (tertiary/aromatic N) is 3. The highest BCUT2D eigenvalue weighted by molar-refractivity contribution is 8.00. The van der Waals surface area contributed by atoms with Crippen molar-refractivity contribution in [2.24, 2.45) is 0 Å². The van der Waals surface area contributed by atoms with Crippen LogP contribution in [0.1, 0.15) is 31.8 Å². The van der Waals surface area contributed by atoms with Crippen LogP contribution in [0.25, 0.3) is 0 Å². The van der Waals surface area contributed by atoms with Crippen molar-refractivity contribution in [1.82, 2.24) is 15.0 Å². The molecule has 0 saturated heterocycles. The minimum absolute atomic E-state index is 0.106. The third-order valence-corrected chi connectivity index (χ3v) is 5.52. The zero-order valence-corrected chi connectivity index (χ0v) is 18.5. The van der Waals surface area contributed by atoms with E-state index in [2.05, 4.69) is 25.6 Å². The first kappa shape index (κ1) is 22.4. The first-order valence-electron chi connectivity index (χ1n) is 9.97. The van der Waals surface area contributed by atoms with E-state index in [0.29, 0.717) is 24.1 Å². The molecule has 8 nitrogen and oxygen atoms in total. The molecule has 0 spiro atoms. The van der Waals surface area contributed by atoms with Gasteiger partial charge in [0.15, 0.2) is 0 Å². The molecule has 0 aliphatic carbocycles. The summed E-state index contributed by atoms with van der Waals surface area (Å²) in [4.78, 5) is 25.5. The van der Waals surface area contributed by atoms with Crippen molar-refractivity contribution in [2.45, 2.75) is 31.3 Å². The highest BCUT2D eigenvalue weighted by atomic mass is 32.2. The number of hydrogen-bond acceptors (Lipinski definition) is 8. The normalized spacial score (nSPS) is 12.6. The maximum atomic E-state index is 12.6. The van der Waals surface area contributed by atoms with Crippen LogP contribution < -0.4 is 21.1 Å². The number of carbonyl (C=O) groups excluding carboxylic acids is 1. The number of carbonyl (C=O) groups is 1. The molecule has 0 saturated carbocycles. The molecule has 0 bridgehead atoms. The molecular weight excluding hydrogens is 412 g/mol. The van der Waals surface area contributed by atoms with Gasteiger partial charge in [-0.3, -0.25) is 4.79 Å². The average Bonchev–Trinajstić information content (AvgIpc) is 2.75. The maximum absolute atomic E-state index is 12.6. The van der Waals surface area contributed by atoms with Crippen LogP contribution >= 0.6 is 11.8 Å². The monoisotopic (exact) mass is 438 g/mol. The number of hydrogen-bond donors (Lipinski definition) is 3. The number of nitrogens with two attached hydrogens (primary N) is 1. The van der Waals surface area contributed by atoms with Gasteiger partial charge in [-0.15, -0.1) is 11.8 Å². The van der Waals surface area contributed by atoms with E-state index >= 15 is 0 Å². The number of ether oxygens (including phenoxy) is 1. The second-order valence-electron chi connectivity index (χ2n) is 6.73. The fourth-order valence-corrected chi connectivity index (χ4v) is 3.79. The molecule has 31 heavy (non-hydrogen) atoms. The van der Waals surface area contributed by atoms with Crippen LogP contribution in [0.4, 0.5) is 23.3 Å². The van der Waals surface area contributed by atoms with Crippen molar-refractivity contribution >= 4 is 40.9 Å². The summed E-state index contributed by atoms with van der Waals surface area (Å²) in [5, 5.41) is 5.55. The summed E-state index contributed by atoms with van der Waals surface area (Å²) in [7, 11) is 0. The van der Waals surface area contributed by atoms with E-state index in [1.165, 1.54) is 11.8 Å². The molecule has 2 unspecified atom stereocenters. The first-order chi connectivity index (χ1) is 14.9. The van der Waals surface area contributed by atoms with Gasteiger partial charge in [0.25, 0.3) is 0 Å². The number of rotatable bonds is 9. The molecule has 162 valence electrons. The van der Waals surface area contributed by atoms with Gasteiger partial charge < -0.3 is 21.1 Å². The molecule has 0 aliphatic rings. The predicted octanol–water partition coefficient (Wildman–Crippen LogP) is 4.42. The zero-order chi connectivity index (χ0) is 22.2. The minimum Gasteiger partial charge on any atom is -0.494 e. The SMILES string of the molecule is CCOc1ccc(NC(=O)C(C)SC(C)c2nc(N)nc(Nc3ccccc3)n2)cc1. The number of benzene rings is 2. The second-order valence-corrected chi connectivity index (χ2v) is 8.42. The molecule has 2 atom stereocenters. The Morgan fingerprint density at radius 2 is 1.74 bits per heavy atom. The number of aromatic nitrogens is 3. The minimum atomic E-state index is -0.329. The molecule has 0 fully saturated rings. The Bertz CT molecular complexity index is 1000. The maximum Gasteiger partial charge on any atom is 0.237 e. The number of para-hydroxylation sites is 1. The quantitative estimate of drug-likeness (QED) is 0.450. The van der Waals surface area contributed by atoms with Gasteiger partial charge in [0.05, 0.1) is 17.1 Å². The fraction of sp³-hybridized carbons (Fsp3) is 0.273. The van der Waals surface area contributed by atoms with Crippen molar-refractivity contribution in [3.05, 3.63) is 60.4 Å². The van der Waals surface area contributed by atoms with Crippen LogP contribution in [-0.2, 0) is 4.79 Å². The molecule has 3 aromatic rings. The van der Waals surface area contributed by atoms with Crippen LogP contribution in [0.15, 0.2) is 54.6 Å². The van der Waals surface area contributed by atoms with E-state index in [0.717, 1.165) is 11.4 Å². The van der Waals surface area contributed by atoms with Crippen molar-refractivity contribution in [2.75, 3.05) is 23.0 Å². The molecule has 3 rings (SSSR count). The summed E-state index contributed by atoms with van der Waals surface area (Å²) in [6.45, 7) is 6.31. The summed E-state index contributed by atoms with van der Waals surface area (Å²) in [6.07, 6.45) is 0. The van der Waals surface area contributed by atoms with E-state index in [4.69, 9.17) is 10.5 Å². The zero-order valence-electron chi connectivity index (χ0n) is 17.7. The number of nitrogen functional groups attached to an aromatic ring is 1. The molecular formula is C22H26N6O2S. The van der Waals surface area contributed by atoms with Crippen molar-refractivity contribution < 1.29 is 9.53 Å². The number of amides is 1. The van der Waals surface area contributed by atoms with Crippen LogP contribution in [0.2, 0.25) is 0 Å². The van der Waals surface area contributed by atoms with Gasteiger partial charge in [-0.2, -0.15) is 15.0 Å². The molecule has 1 aromatic heterocycles. The lowest BCUT2D eigenvalue weighted by molar-refractivity contribution is -0.115. The van der Waals surface area contributed by atoms with Crippen molar-refractivity contribution in [3.8, 4) is 5.75 Å². The van der Waals surface area contributed by atoms with Gasteiger partial charge in [-0.25, -0.2) is 0 Å². The standard InChI is InChI=1S/C22H26N6O2S/c1-4-30-18-12-10-17(11-13-18)24-20(29)15(3)31-14(2)19-26-21(23)28-22(27-19)25-16-8-6-5-7-9-16/h5-15H,4H2,1-3H3,(H,24,29)(H3,23,25,26,27,28). The Morgan fingerprint density at radius 1 is 1.03 bits per heavy atom.